The molecular formula is C17H29N3S. The van der Waals surface area contributed by atoms with E-state index in [2.05, 4.69) is 36.4 Å². The molecule has 0 saturated carbocycles. The maximum atomic E-state index is 4.90. The molecule has 0 spiro atoms. The Labute approximate surface area is 133 Å². The fraction of sp³-hybridized carbons (Fsp3) is 0.824. The van der Waals surface area contributed by atoms with Crippen molar-refractivity contribution in [1.82, 2.24) is 15.2 Å². The molecule has 0 amide bonds. The Bertz CT molecular complexity index is 462. The quantitative estimate of drug-likeness (QED) is 0.923. The predicted molar refractivity (Wildman–Crippen MR) is 90.2 cm³/mol. The van der Waals surface area contributed by atoms with Gasteiger partial charge in [-0.15, -0.1) is 11.3 Å². The first-order chi connectivity index (χ1) is 10.1. The molecular weight excluding hydrogens is 278 g/mol. The van der Waals surface area contributed by atoms with Crippen LogP contribution < -0.4 is 5.32 Å². The number of aromatic nitrogens is 1. The summed E-state index contributed by atoms with van der Waals surface area (Å²) < 4.78 is 0. The Morgan fingerprint density at radius 1 is 1.52 bits per heavy atom. The molecule has 0 bridgehead atoms. The maximum absolute atomic E-state index is 4.90. The molecule has 2 saturated heterocycles. The second-order valence-corrected chi connectivity index (χ2v) is 8.47. The van der Waals surface area contributed by atoms with Gasteiger partial charge in [-0.1, -0.05) is 20.8 Å². The van der Waals surface area contributed by atoms with Crippen molar-refractivity contribution < 1.29 is 0 Å². The normalized spacial score (nSPS) is 31.1. The number of nitrogens with zero attached hydrogens (tertiary/aromatic N) is 2. The van der Waals surface area contributed by atoms with Crippen LogP contribution in [0.5, 0.6) is 0 Å². The third kappa shape index (κ3) is 3.66. The average Bonchev–Trinajstić information content (AvgIpc) is 3.08. The molecule has 2 unspecified atom stereocenters. The van der Waals surface area contributed by atoms with E-state index < -0.39 is 0 Å². The summed E-state index contributed by atoms with van der Waals surface area (Å²) in [5.41, 5.74) is 1.76. The molecule has 2 atom stereocenters. The highest BCUT2D eigenvalue weighted by Crippen LogP contribution is 2.33. The van der Waals surface area contributed by atoms with Gasteiger partial charge in [0.2, 0.25) is 0 Å². The van der Waals surface area contributed by atoms with Crippen molar-refractivity contribution in [3.63, 3.8) is 0 Å². The molecule has 2 fully saturated rings. The zero-order chi connectivity index (χ0) is 14.9. The Kier molecular flexibility index (Phi) is 4.67. The van der Waals surface area contributed by atoms with Crippen molar-refractivity contribution in [3.8, 4) is 0 Å². The van der Waals surface area contributed by atoms with Crippen LogP contribution >= 0.6 is 11.3 Å². The van der Waals surface area contributed by atoms with Crippen molar-refractivity contribution in [2.24, 2.45) is 5.41 Å². The van der Waals surface area contributed by atoms with Crippen LogP contribution in [0.25, 0.3) is 0 Å². The molecule has 0 aromatic carbocycles. The van der Waals surface area contributed by atoms with Crippen LogP contribution in [0.4, 0.5) is 0 Å². The Morgan fingerprint density at radius 3 is 3.05 bits per heavy atom. The lowest BCUT2D eigenvalue weighted by atomic mass is 9.87. The number of piperidine rings is 1. The predicted octanol–water partition coefficient (Wildman–Crippen LogP) is 3.45. The molecule has 21 heavy (non-hydrogen) atoms. The molecule has 2 aliphatic rings. The van der Waals surface area contributed by atoms with Crippen molar-refractivity contribution in [2.45, 2.75) is 51.9 Å². The van der Waals surface area contributed by atoms with E-state index in [0.717, 1.165) is 0 Å². The zero-order valence-corrected chi connectivity index (χ0v) is 14.5. The van der Waals surface area contributed by atoms with Gasteiger partial charge in [-0.05, 0) is 43.7 Å². The number of rotatable bonds is 4. The summed E-state index contributed by atoms with van der Waals surface area (Å²) in [7, 11) is 0. The second-order valence-electron chi connectivity index (χ2n) is 7.58. The summed E-state index contributed by atoms with van der Waals surface area (Å²) in [6, 6.07) is 0. The van der Waals surface area contributed by atoms with Crippen molar-refractivity contribution >= 4 is 11.3 Å². The summed E-state index contributed by atoms with van der Waals surface area (Å²) >= 11 is 1.88. The van der Waals surface area contributed by atoms with Gasteiger partial charge in [0.25, 0.3) is 0 Å². The first kappa shape index (κ1) is 15.4. The van der Waals surface area contributed by atoms with Gasteiger partial charge in [0.1, 0.15) is 0 Å². The highest BCUT2D eigenvalue weighted by Gasteiger charge is 2.33. The minimum absolute atomic E-state index is 0.480. The largest absolute Gasteiger partial charge is 0.316 e. The van der Waals surface area contributed by atoms with Crippen LogP contribution in [0.3, 0.4) is 0 Å². The monoisotopic (exact) mass is 307 g/mol. The third-order valence-corrected chi connectivity index (χ3v) is 6.07. The fourth-order valence-corrected chi connectivity index (χ4v) is 4.81. The molecule has 3 heterocycles. The average molecular weight is 308 g/mol. The van der Waals surface area contributed by atoms with E-state index in [4.69, 9.17) is 4.98 Å². The van der Waals surface area contributed by atoms with E-state index in [0.29, 0.717) is 17.3 Å². The van der Waals surface area contributed by atoms with Crippen LogP contribution in [-0.2, 0) is 0 Å². The van der Waals surface area contributed by atoms with E-state index in [9.17, 15) is 0 Å². The van der Waals surface area contributed by atoms with E-state index in [1.165, 1.54) is 62.7 Å². The lowest BCUT2D eigenvalue weighted by Crippen LogP contribution is -2.42. The first-order valence-electron chi connectivity index (χ1n) is 8.44. The smallest absolute Gasteiger partial charge is 0.0972 e. The van der Waals surface area contributed by atoms with Crippen LogP contribution in [-0.4, -0.2) is 42.6 Å². The Balaban J connectivity index is 1.62. The lowest BCUT2D eigenvalue weighted by molar-refractivity contribution is 0.141. The number of nitrogens with one attached hydrogen (secondary N) is 1. The van der Waals surface area contributed by atoms with E-state index in [1.807, 2.05) is 11.3 Å². The molecule has 0 aliphatic carbocycles. The molecule has 118 valence electrons. The van der Waals surface area contributed by atoms with E-state index >= 15 is 0 Å². The van der Waals surface area contributed by atoms with Gasteiger partial charge in [0.05, 0.1) is 10.7 Å². The standard InChI is InChI=1S/C17H29N3S/c1-13(2)15-10-21-16(19-15)14-5-4-8-20(9-14)12-17(3)6-7-18-11-17/h10,13-14,18H,4-9,11-12H2,1-3H3. The fourth-order valence-electron chi connectivity index (χ4n) is 3.70. The minimum atomic E-state index is 0.480. The summed E-state index contributed by atoms with van der Waals surface area (Å²) in [5, 5.41) is 7.16. The maximum Gasteiger partial charge on any atom is 0.0972 e. The Hall–Kier alpha value is -0.450. The molecule has 3 nitrogen and oxygen atoms in total. The molecule has 1 aromatic heterocycles. The zero-order valence-electron chi connectivity index (χ0n) is 13.7. The van der Waals surface area contributed by atoms with Gasteiger partial charge in [0, 0.05) is 30.9 Å². The number of likely N-dealkylation sites (tertiary alicyclic amines) is 1. The van der Waals surface area contributed by atoms with Gasteiger partial charge < -0.3 is 10.2 Å². The number of thiazole rings is 1. The van der Waals surface area contributed by atoms with Gasteiger partial charge in [-0.2, -0.15) is 0 Å². The van der Waals surface area contributed by atoms with Crippen molar-refractivity contribution in [3.05, 3.63) is 16.1 Å². The summed E-state index contributed by atoms with van der Waals surface area (Å²) in [6.45, 7) is 13.0. The topological polar surface area (TPSA) is 28.2 Å². The van der Waals surface area contributed by atoms with Gasteiger partial charge in [-0.3, -0.25) is 0 Å². The van der Waals surface area contributed by atoms with Crippen LogP contribution in [0, 0.1) is 5.41 Å². The SMILES string of the molecule is CC(C)c1csc(C2CCCN(CC3(C)CCNC3)C2)n1. The first-order valence-corrected chi connectivity index (χ1v) is 9.32. The molecule has 3 rings (SSSR count). The second kappa shape index (κ2) is 6.35. The highest BCUT2D eigenvalue weighted by molar-refractivity contribution is 7.09. The highest BCUT2D eigenvalue weighted by atomic mass is 32.1. The number of hydrogen-bond donors (Lipinski definition) is 1. The molecule has 2 aliphatic heterocycles. The van der Waals surface area contributed by atoms with E-state index in [-0.39, 0.29) is 0 Å². The van der Waals surface area contributed by atoms with Crippen molar-refractivity contribution in [1.29, 1.82) is 0 Å². The summed E-state index contributed by atoms with van der Waals surface area (Å²) in [4.78, 5) is 7.59. The summed E-state index contributed by atoms with van der Waals surface area (Å²) in [5.74, 6) is 1.22. The summed E-state index contributed by atoms with van der Waals surface area (Å²) in [6.07, 6.45) is 3.96. The third-order valence-electron chi connectivity index (χ3n) is 5.05. The molecule has 0 radical (unpaired) electrons. The molecule has 1 aromatic rings. The van der Waals surface area contributed by atoms with Crippen LogP contribution in [0.1, 0.15) is 62.6 Å². The van der Waals surface area contributed by atoms with Gasteiger partial charge in [0.15, 0.2) is 0 Å². The molecule has 1 N–H and O–H groups in total. The van der Waals surface area contributed by atoms with Crippen LogP contribution in [0.15, 0.2) is 5.38 Å². The van der Waals surface area contributed by atoms with Gasteiger partial charge in [-0.25, -0.2) is 4.98 Å². The van der Waals surface area contributed by atoms with Crippen molar-refractivity contribution in [2.75, 3.05) is 32.7 Å². The van der Waals surface area contributed by atoms with Crippen LogP contribution in [0.2, 0.25) is 0 Å². The van der Waals surface area contributed by atoms with Gasteiger partial charge >= 0.3 is 0 Å². The lowest BCUT2D eigenvalue weighted by Gasteiger charge is -2.37. The Morgan fingerprint density at radius 2 is 2.38 bits per heavy atom. The molecule has 4 heteroatoms. The minimum Gasteiger partial charge on any atom is -0.316 e. The number of hydrogen-bond acceptors (Lipinski definition) is 4. The van der Waals surface area contributed by atoms with E-state index in [1.54, 1.807) is 0 Å².